The zero-order valence-corrected chi connectivity index (χ0v) is 14.4. The number of halogens is 4. The normalized spacial score (nSPS) is 11.2. The third kappa shape index (κ3) is 3.49. The average molecular weight is 355 g/mol. The lowest BCUT2D eigenvalue weighted by atomic mass is 9.97. The quantitative estimate of drug-likeness (QED) is 0.304. The van der Waals surface area contributed by atoms with E-state index in [1.807, 2.05) is 19.1 Å². The van der Waals surface area contributed by atoms with Crippen LogP contribution in [0.25, 0.3) is 5.57 Å². The Labute approximate surface area is 143 Å². The lowest BCUT2D eigenvalue weighted by Gasteiger charge is -2.18. The van der Waals surface area contributed by atoms with Gasteiger partial charge in [-0.1, -0.05) is 37.8 Å². The van der Waals surface area contributed by atoms with Crippen molar-refractivity contribution in [1.82, 2.24) is 4.31 Å². The van der Waals surface area contributed by atoms with Crippen molar-refractivity contribution >= 4 is 17.5 Å². The van der Waals surface area contributed by atoms with Gasteiger partial charge in [0.2, 0.25) is 0 Å². The Morgan fingerprint density at radius 2 is 1.50 bits per heavy atom. The van der Waals surface area contributed by atoms with Gasteiger partial charge in [0, 0.05) is 5.56 Å². The molecule has 0 saturated heterocycles. The van der Waals surface area contributed by atoms with Gasteiger partial charge < -0.3 is 0 Å². The highest BCUT2D eigenvalue weighted by atomic mass is 32.2. The van der Waals surface area contributed by atoms with Gasteiger partial charge in [-0.3, -0.25) is 4.31 Å². The van der Waals surface area contributed by atoms with Gasteiger partial charge in [-0.15, -0.1) is 0 Å². The summed E-state index contributed by atoms with van der Waals surface area (Å²) in [6.45, 7) is 5.75. The van der Waals surface area contributed by atoms with E-state index in [1.165, 1.54) is 4.31 Å². The van der Waals surface area contributed by atoms with Crippen LogP contribution in [0.1, 0.15) is 23.6 Å². The standard InChI is InChI=1S/C18H17F4NS/c1-5-11-6-8-12(9-7-11)10(2)13-14(19)15(20)16(21)17(22)18(13)24-23(3)4/h6-9H,2,5H2,1,3-4H3. The van der Waals surface area contributed by atoms with E-state index in [2.05, 4.69) is 6.58 Å². The molecule has 2 aromatic carbocycles. The van der Waals surface area contributed by atoms with Crippen LogP contribution >= 0.6 is 11.9 Å². The van der Waals surface area contributed by atoms with Crippen LogP contribution in [0, 0.1) is 23.3 Å². The van der Waals surface area contributed by atoms with Crippen molar-refractivity contribution in [3.8, 4) is 0 Å². The second-order valence-electron chi connectivity index (χ2n) is 5.39. The van der Waals surface area contributed by atoms with E-state index < -0.39 is 23.3 Å². The number of hydrogen-bond acceptors (Lipinski definition) is 2. The highest BCUT2D eigenvalue weighted by Crippen LogP contribution is 2.38. The van der Waals surface area contributed by atoms with Gasteiger partial charge in [0.1, 0.15) is 0 Å². The molecule has 0 saturated carbocycles. The molecule has 6 heteroatoms. The Morgan fingerprint density at radius 3 is 2.00 bits per heavy atom. The topological polar surface area (TPSA) is 3.24 Å². The molecule has 0 N–H and O–H groups in total. The second-order valence-corrected chi connectivity index (χ2v) is 6.71. The maximum absolute atomic E-state index is 14.4. The van der Waals surface area contributed by atoms with Crippen molar-refractivity contribution < 1.29 is 17.6 Å². The molecule has 0 aliphatic rings. The summed E-state index contributed by atoms with van der Waals surface area (Å²) in [5, 5.41) is 0. The Kier molecular flexibility index (Phi) is 5.72. The summed E-state index contributed by atoms with van der Waals surface area (Å²) in [6.07, 6.45) is 0.822. The Morgan fingerprint density at radius 1 is 0.958 bits per heavy atom. The van der Waals surface area contributed by atoms with Crippen molar-refractivity contribution in [3.05, 3.63) is 70.8 Å². The number of rotatable bonds is 5. The van der Waals surface area contributed by atoms with Gasteiger partial charge in [0.25, 0.3) is 0 Å². The third-order valence-electron chi connectivity index (χ3n) is 3.51. The summed E-state index contributed by atoms with van der Waals surface area (Å²) in [4.78, 5) is -0.332. The molecule has 0 fully saturated rings. The van der Waals surface area contributed by atoms with Gasteiger partial charge in [-0.25, -0.2) is 17.6 Å². The summed E-state index contributed by atoms with van der Waals surface area (Å²) in [5.41, 5.74) is 1.30. The minimum atomic E-state index is -1.84. The first-order chi connectivity index (χ1) is 11.3. The van der Waals surface area contributed by atoms with Crippen molar-refractivity contribution in [2.24, 2.45) is 0 Å². The fourth-order valence-electron chi connectivity index (χ4n) is 2.24. The SMILES string of the molecule is C=C(c1ccc(CC)cc1)c1c(F)c(F)c(F)c(F)c1SN(C)C. The summed E-state index contributed by atoms with van der Waals surface area (Å²) in [7, 11) is 3.18. The van der Waals surface area contributed by atoms with Crippen LogP contribution in [0.3, 0.4) is 0 Å². The molecule has 0 aromatic heterocycles. The zero-order chi connectivity index (χ0) is 18.0. The number of aryl methyl sites for hydroxylation is 1. The van der Waals surface area contributed by atoms with Crippen molar-refractivity contribution in [2.45, 2.75) is 18.2 Å². The Bertz CT molecular complexity index is 770. The molecule has 0 bridgehead atoms. The van der Waals surface area contributed by atoms with Crippen LogP contribution in [-0.4, -0.2) is 18.4 Å². The van der Waals surface area contributed by atoms with Gasteiger partial charge in [-0.2, -0.15) is 0 Å². The Balaban J connectivity index is 2.64. The monoisotopic (exact) mass is 355 g/mol. The largest absolute Gasteiger partial charge is 0.252 e. The van der Waals surface area contributed by atoms with E-state index in [4.69, 9.17) is 0 Å². The molecular weight excluding hydrogens is 338 g/mol. The minimum Gasteiger partial charge on any atom is -0.252 e. The molecule has 0 radical (unpaired) electrons. The maximum atomic E-state index is 14.4. The van der Waals surface area contributed by atoms with E-state index >= 15 is 0 Å². The first kappa shape index (κ1) is 18.5. The van der Waals surface area contributed by atoms with Gasteiger partial charge in [-0.05, 0) is 49.2 Å². The second kappa shape index (κ2) is 7.40. The third-order valence-corrected chi connectivity index (χ3v) is 4.44. The highest BCUT2D eigenvalue weighted by Gasteiger charge is 2.28. The van der Waals surface area contributed by atoms with E-state index in [9.17, 15) is 17.6 Å². The average Bonchev–Trinajstić information content (AvgIpc) is 2.57. The molecule has 1 nitrogen and oxygen atoms in total. The Hall–Kier alpha value is -1.79. The van der Waals surface area contributed by atoms with Gasteiger partial charge >= 0.3 is 0 Å². The minimum absolute atomic E-state index is 0.0947. The maximum Gasteiger partial charge on any atom is 0.198 e. The molecule has 128 valence electrons. The molecular formula is C18H17F4NS. The summed E-state index contributed by atoms with van der Waals surface area (Å²) in [6, 6.07) is 7.05. The van der Waals surface area contributed by atoms with E-state index in [0.29, 0.717) is 5.56 Å². The van der Waals surface area contributed by atoms with Crippen LogP contribution in [0.4, 0.5) is 17.6 Å². The smallest absolute Gasteiger partial charge is 0.198 e. The molecule has 0 amide bonds. The van der Waals surface area contributed by atoms with Crippen molar-refractivity contribution in [2.75, 3.05) is 14.1 Å². The number of benzene rings is 2. The summed E-state index contributed by atoms with van der Waals surface area (Å²) < 4.78 is 57.3. The summed E-state index contributed by atoms with van der Waals surface area (Å²) in [5.74, 6) is -6.52. The predicted octanol–water partition coefficient (Wildman–Crippen LogP) is 5.44. The van der Waals surface area contributed by atoms with Crippen molar-refractivity contribution in [3.63, 3.8) is 0 Å². The lowest BCUT2D eigenvalue weighted by molar-refractivity contribution is 0.396. The molecule has 0 atom stereocenters. The predicted molar refractivity (Wildman–Crippen MR) is 89.8 cm³/mol. The van der Waals surface area contributed by atoms with Crippen LogP contribution in [-0.2, 0) is 6.42 Å². The highest BCUT2D eigenvalue weighted by molar-refractivity contribution is 7.97. The fraction of sp³-hybridized carbons (Fsp3) is 0.222. The molecule has 0 aliphatic heterocycles. The van der Waals surface area contributed by atoms with Crippen LogP contribution in [0.15, 0.2) is 35.7 Å². The first-order valence-electron chi connectivity index (χ1n) is 7.27. The fourth-order valence-corrected chi connectivity index (χ4v) is 3.07. The molecule has 0 heterocycles. The van der Waals surface area contributed by atoms with Gasteiger partial charge in [0.15, 0.2) is 23.3 Å². The number of nitrogens with zero attached hydrogens (tertiary/aromatic N) is 1. The molecule has 24 heavy (non-hydrogen) atoms. The van der Waals surface area contributed by atoms with Crippen LogP contribution in [0.2, 0.25) is 0 Å². The lowest BCUT2D eigenvalue weighted by Crippen LogP contribution is -2.09. The summed E-state index contributed by atoms with van der Waals surface area (Å²) >= 11 is 0.770. The molecule has 2 rings (SSSR count). The van der Waals surface area contributed by atoms with Gasteiger partial charge in [0.05, 0.1) is 4.90 Å². The van der Waals surface area contributed by atoms with E-state index in [1.54, 1.807) is 26.2 Å². The zero-order valence-electron chi connectivity index (χ0n) is 13.6. The number of hydrogen-bond donors (Lipinski definition) is 0. The van der Waals surface area contributed by atoms with E-state index in [-0.39, 0.29) is 16.0 Å². The molecule has 0 spiro atoms. The van der Waals surface area contributed by atoms with E-state index in [0.717, 1.165) is 23.9 Å². The molecule has 0 unspecified atom stereocenters. The van der Waals surface area contributed by atoms with Crippen LogP contribution in [0.5, 0.6) is 0 Å². The molecule has 0 aliphatic carbocycles. The first-order valence-corrected chi connectivity index (χ1v) is 8.05. The molecule has 2 aromatic rings. The van der Waals surface area contributed by atoms with Crippen LogP contribution < -0.4 is 0 Å². The van der Waals surface area contributed by atoms with Crippen molar-refractivity contribution in [1.29, 1.82) is 0 Å².